The molecule has 4 heteroatoms. The van der Waals surface area contributed by atoms with Crippen molar-refractivity contribution in [2.45, 2.75) is 45.1 Å². The second-order valence-electron chi connectivity index (χ2n) is 4.78. The highest BCUT2D eigenvalue weighted by Gasteiger charge is 2.28. The van der Waals surface area contributed by atoms with Gasteiger partial charge in [0.15, 0.2) is 0 Å². The lowest BCUT2D eigenvalue weighted by Gasteiger charge is -2.32. The van der Waals surface area contributed by atoms with Crippen LogP contribution in [0.25, 0.3) is 0 Å². The maximum atomic E-state index is 11.2. The van der Waals surface area contributed by atoms with Crippen LogP contribution in [0, 0.1) is 5.92 Å². The van der Waals surface area contributed by atoms with Gasteiger partial charge >= 0.3 is 5.97 Å². The van der Waals surface area contributed by atoms with Gasteiger partial charge in [-0.15, -0.1) is 0 Å². The first-order valence-electron chi connectivity index (χ1n) is 6.24. The molecule has 1 heterocycles. The molecule has 94 valence electrons. The molecule has 1 N–H and O–H groups in total. The van der Waals surface area contributed by atoms with Crippen molar-refractivity contribution in [3.63, 3.8) is 0 Å². The number of nitrogens with zero attached hydrogens (tertiary/aromatic N) is 1. The zero-order valence-corrected chi connectivity index (χ0v) is 10.8. The molecule has 1 aliphatic carbocycles. The van der Waals surface area contributed by atoms with Crippen LogP contribution in [0.5, 0.6) is 0 Å². The lowest BCUT2D eigenvalue weighted by Crippen LogP contribution is -2.24. The highest BCUT2D eigenvalue weighted by atomic mass is 35.5. The van der Waals surface area contributed by atoms with Crippen LogP contribution in [0.3, 0.4) is 0 Å². The van der Waals surface area contributed by atoms with Gasteiger partial charge in [0.05, 0.1) is 5.02 Å². The predicted octanol–water partition coefficient (Wildman–Crippen LogP) is 3.98. The Kier molecular flexibility index (Phi) is 3.77. The normalized spacial score (nSPS) is 24.8. The number of hydrogen-bond acceptors (Lipinski definition) is 1. The minimum Gasteiger partial charge on any atom is -0.477 e. The van der Waals surface area contributed by atoms with Crippen LogP contribution < -0.4 is 0 Å². The Labute approximate surface area is 106 Å². The van der Waals surface area contributed by atoms with Gasteiger partial charge < -0.3 is 9.67 Å². The molecular weight excluding hydrogens is 238 g/mol. The molecule has 1 fully saturated rings. The molecule has 2 unspecified atom stereocenters. The van der Waals surface area contributed by atoms with Gasteiger partial charge in [0, 0.05) is 12.2 Å². The van der Waals surface area contributed by atoms with E-state index < -0.39 is 5.97 Å². The van der Waals surface area contributed by atoms with Gasteiger partial charge in [-0.3, -0.25) is 0 Å². The molecule has 1 aromatic rings. The van der Waals surface area contributed by atoms with E-state index in [2.05, 4.69) is 6.92 Å². The van der Waals surface area contributed by atoms with Crippen molar-refractivity contribution in [2.75, 3.05) is 0 Å². The van der Waals surface area contributed by atoms with E-state index in [0.717, 1.165) is 12.8 Å². The Bertz CT molecular complexity index is 414. The molecule has 0 amide bonds. The molecular formula is C13H18ClNO2. The Morgan fingerprint density at radius 1 is 1.53 bits per heavy atom. The first-order chi connectivity index (χ1) is 8.13. The van der Waals surface area contributed by atoms with Crippen molar-refractivity contribution in [2.24, 2.45) is 5.92 Å². The lowest BCUT2D eigenvalue weighted by atomic mass is 9.82. The smallest absolute Gasteiger partial charge is 0.352 e. The molecule has 0 aromatic carbocycles. The third-order valence-electron chi connectivity index (χ3n) is 3.78. The van der Waals surface area contributed by atoms with E-state index >= 15 is 0 Å². The molecule has 0 aliphatic heterocycles. The number of halogens is 1. The molecule has 2 atom stereocenters. The summed E-state index contributed by atoms with van der Waals surface area (Å²) in [6, 6.07) is 1.85. The molecule has 0 bridgehead atoms. The van der Waals surface area contributed by atoms with E-state index in [1.165, 1.54) is 19.3 Å². The van der Waals surface area contributed by atoms with Crippen molar-refractivity contribution in [3.8, 4) is 0 Å². The maximum absolute atomic E-state index is 11.2. The summed E-state index contributed by atoms with van der Waals surface area (Å²) < 4.78 is 1.87. The van der Waals surface area contributed by atoms with Gasteiger partial charge in [0.25, 0.3) is 0 Å². The number of carboxylic acids is 1. The van der Waals surface area contributed by atoms with Crippen molar-refractivity contribution in [1.82, 2.24) is 4.57 Å². The molecule has 0 saturated heterocycles. The molecule has 1 saturated carbocycles. The number of aromatic nitrogens is 1. The zero-order valence-electron chi connectivity index (χ0n) is 10.0. The third kappa shape index (κ3) is 2.49. The van der Waals surface area contributed by atoms with E-state index in [1.54, 1.807) is 12.3 Å². The fourth-order valence-electron chi connectivity index (χ4n) is 2.92. The van der Waals surface area contributed by atoms with Gasteiger partial charge in [-0.2, -0.15) is 0 Å². The molecule has 1 aliphatic rings. The van der Waals surface area contributed by atoms with Crippen LogP contribution in [0.15, 0.2) is 12.3 Å². The van der Waals surface area contributed by atoms with Crippen molar-refractivity contribution in [1.29, 1.82) is 0 Å². The van der Waals surface area contributed by atoms with E-state index in [0.29, 0.717) is 22.7 Å². The van der Waals surface area contributed by atoms with Gasteiger partial charge in [0.2, 0.25) is 0 Å². The van der Waals surface area contributed by atoms with E-state index in [1.807, 2.05) is 4.57 Å². The average molecular weight is 256 g/mol. The number of carboxylic acid groups (broad SMARTS) is 1. The highest BCUT2D eigenvalue weighted by molar-refractivity contribution is 6.30. The summed E-state index contributed by atoms with van der Waals surface area (Å²) in [7, 11) is 0. The number of rotatable bonds is 3. The van der Waals surface area contributed by atoms with Crippen LogP contribution in [0.1, 0.15) is 55.6 Å². The summed E-state index contributed by atoms with van der Waals surface area (Å²) in [5, 5.41) is 9.71. The second-order valence-corrected chi connectivity index (χ2v) is 5.21. The molecule has 17 heavy (non-hydrogen) atoms. The van der Waals surface area contributed by atoms with E-state index in [4.69, 9.17) is 11.6 Å². The minimum absolute atomic E-state index is 0.298. The van der Waals surface area contributed by atoms with Crippen molar-refractivity contribution in [3.05, 3.63) is 23.0 Å². The molecule has 0 spiro atoms. The van der Waals surface area contributed by atoms with Crippen LogP contribution in [-0.2, 0) is 0 Å². The highest BCUT2D eigenvalue weighted by Crippen LogP contribution is 2.37. The fraction of sp³-hybridized carbons (Fsp3) is 0.615. The molecule has 1 aromatic heterocycles. The summed E-state index contributed by atoms with van der Waals surface area (Å²) in [6.45, 7) is 2.18. The SMILES string of the molecule is CCC1CCCCC1n1cc(Cl)cc1C(=O)O. The number of hydrogen-bond donors (Lipinski definition) is 1. The maximum Gasteiger partial charge on any atom is 0.352 e. The van der Waals surface area contributed by atoms with Gasteiger partial charge in [-0.05, 0) is 24.8 Å². The predicted molar refractivity (Wildman–Crippen MR) is 67.7 cm³/mol. The fourth-order valence-corrected chi connectivity index (χ4v) is 3.13. The van der Waals surface area contributed by atoms with Crippen molar-refractivity contribution < 1.29 is 9.90 Å². The Hall–Kier alpha value is -0.960. The summed E-state index contributed by atoms with van der Waals surface area (Å²) in [5.41, 5.74) is 0.320. The Morgan fingerprint density at radius 2 is 2.24 bits per heavy atom. The number of carbonyl (C=O) groups is 1. The quantitative estimate of drug-likeness (QED) is 0.888. The Balaban J connectivity index is 2.34. The summed E-state index contributed by atoms with van der Waals surface area (Å²) in [4.78, 5) is 11.2. The third-order valence-corrected chi connectivity index (χ3v) is 3.99. The number of aromatic carboxylic acids is 1. The van der Waals surface area contributed by atoms with Crippen molar-refractivity contribution >= 4 is 17.6 Å². The van der Waals surface area contributed by atoms with Gasteiger partial charge in [-0.1, -0.05) is 37.8 Å². The first-order valence-corrected chi connectivity index (χ1v) is 6.62. The molecule has 0 radical (unpaired) electrons. The second kappa shape index (κ2) is 5.13. The first kappa shape index (κ1) is 12.5. The van der Waals surface area contributed by atoms with E-state index in [-0.39, 0.29) is 0 Å². The van der Waals surface area contributed by atoms with E-state index in [9.17, 15) is 9.90 Å². The van der Waals surface area contributed by atoms with Crippen LogP contribution >= 0.6 is 11.6 Å². The molecule has 3 nitrogen and oxygen atoms in total. The zero-order chi connectivity index (χ0) is 12.4. The minimum atomic E-state index is -0.891. The van der Waals surface area contributed by atoms with Crippen LogP contribution in [0.2, 0.25) is 5.02 Å². The van der Waals surface area contributed by atoms with Gasteiger partial charge in [0.1, 0.15) is 5.69 Å². The Morgan fingerprint density at radius 3 is 2.88 bits per heavy atom. The summed E-state index contributed by atoms with van der Waals surface area (Å²) >= 11 is 5.94. The van der Waals surface area contributed by atoms with Crippen LogP contribution in [0.4, 0.5) is 0 Å². The topological polar surface area (TPSA) is 42.2 Å². The van der Waals surface area contributed by atoms with Crippen LogP contribution in [-0.4, -0.2) is 15.6 Å². The molecule has 2 rings (SSSR count). The lowest BCUT2D eigenvalue weighted by molar-refractivity contribution is 0.0676. The monoisotopic (exact) mass is 255 g/mol. The van der Waals surface area contributed by atoms with Gasteiger partial charge in [-0.25, -0.2) is 4.79 Å². The summed E-state index contributed by atoms with van der Waals surface area (Å²) in [5.74, 6) is -0.317. The summed E-state index contributed by atoms with van der Waals surface area (Å²) in [6.07, 6.45) is 7.55. The largest absolute Gasteiger partial charge is 0.477 e. The average Bonchev–Trinajstić information content (AvgIpc) is 2.71. The standard InChI is InChI=1S/C13H18ClNO2/c1-2-9-5-3-4-6-11(9)15-8-10(14)7-12(15)13(16)17/h7-9,11H,2-6H2,1H3,(H,16,17).